The Kier molecular flexibility index (Phi) is 8.30. The quantitative estimate of drug-likeness (QED) is 0.420. The highest BCUT2D eigenvalue weighted by molar-refractivity contribution is 5.36. The standard InChI is InChI=1S/C29H48O2/c1-6-29(31,7-2)19-8-10-22(4)26-16-17-27-23(11-9-18-28(26,27)5)13-14-24-20-25(30)15-12-21(24)3/h13-14,22,25-27,30-31H,3,6-12,15-20H2,1-2,4-5H3/b23-13+,24-14-/t22-,25+,26-,27+,28-/m1/s1. The van der Waals surface area contributed by atoms with Crippen molar-refractivity contribution in [2.24, 2.45) is 23.2 Å². The van der Waals surface area contributed by atoms with Crippen LogP contribution in [-0.2, 0) is 0 Å². The van der Waals surface area contributed by atoms with Gasteiger partial charge in [-0.2, -0.15) is 0 Å². The van der Waals surface area contributed by atoms with Crippen molar-refractivity contribution in [3.8, 4) is 0 Å². The van der Waals surface area contributed by atoms with Gasteiger partial charge < -0.3 is 10.2 Å². The molecule has 2 N–H and O–H groups in total. The Labute approximate surface area is 191 Å². The minimum atomic E-state index is -0.452. The van der Waals surface area contributed by atoms with Gasteiger partial charge in [-0.3, -0.25) is 0 Å². The molecule has 3 saturated carbocycles. The van der Waals surface area contributed by atoms with E-state index in [0.29, 0.717) is 5.41 Å². The average molecular weight is 429 g/mol. The zero-order chi connectivity index (χ0) is 22.6. The molecular formula is C29H48O2. The Morgan fingerprint density at radius 1 is 1.16 bits per heavy atom. The van der Waals surface area contributed by atoms with E-state index in [0.717, 1.165) is 62.7 Å². The van der Waals surface area contributed by atoms with Crippen LogP contribution in [0.3, 0.4) is 0 Å². The van der Waals surface area contributed by atoms with E-state index in [9.17, 15) is 10.2 Å². The maximum absolute atomic E-state index is 10.6. The lowest BCUT2D eigenvalue weighted by Gasteiger charge is -2.44. The molecule has 0 saturated heterocycles. The predicted molar refractivity (Wildman–Crippen MR) is 132 cm³/mol. The molecule has 0 radical (unpaired) electrons. The van der Waals surface area contributed by atoms with Gasteiger partial charge in [0.2, 0.25) is 0 Å². The molecule has 0 unspecified atom stereocenters. The lowest BCUT2D eigenvalue weighted by atomic mass is 9.60. The minimum absolute atomic E-state index is 0.193. The molecule has 0 spiro atoms. The molecule has 0 bridgehead atoms. The SMILES string of the molecule is C=C1CC[C@H](O)C/C1=C/C=C1\CCC[C@]2(C)[C@@H]([C@H](C)CCCC(O)(CC)CC)CC[C@@H]12. The third kappa shape index (κ3) is 5.56. The largest absolute Gasteiger partial charge is 0.393 e. The zero-order valence-electron chi connectivity index (χ0n) is 20.8. The molecular weight excluding hydrogens is 380 g/mol. The fraction of sp³-hybridized carbons (Fsp3) is 0.793. The van der Waals surface area contributed by atoms with Crippen LogP contribution in [0.15, 0.2) is 35.5 Å². The normalized spacial score (nSPS) is 35.5. The fourth-order valence-electron chi connectivity index (χ4n) is 7.17. The van der Waals surface area contributed by atoms with Crippen LogP contribution in [0.25, 0.3) is 0 Å². The van der Waals surface area contributed by atoms with Crippen molar-refractivity contribution >= 4 is 0 Å². The summed E-state index contributed by atoms with van der Waals surface area (Å²) in [6.45, 7) is 13.5. The van der Waals surface area contributed by atoms with E-state index in [1.807, 2.05) is 0 Å². The maximum atomic E-state index is 10.6. The summed E-state index contributed by atoms with van der Waals surface area (Å²) in [5.74, 6) is 2.26. The van der Waals surface area contributed by atoms with Gasteiger partial charge in [0, 0.05) is 0 Å². The van der Waals surface area contributed by atoms with Crippen LogP contribution < -0.4 is 0 Å². The molecule has 3 rings (SSSR count). The topological polar surface area (TPSA) is 40.5 Å². The van der Waals surface area contributed by atoms with Gasteiger partial charge in [-0.15, -0.1) is 0 Å². The summed E-state index contributed by atoms with van der Waals surface area (Å²) in [4.78, 5) is 0. The molecule has 2 heteroatoms. The number of hydrogen-bond acceptors (Lipinski definition) is 2. The molecule has 3 aliphatic carbocycles. The van der Waals surface area contributed by atoms with Gasteiger partial charge in [-0.05, 0) is 99.4 Å². The van der Waals surface area contributed by atoms with Gasteiger partial charge in [-0.1, -0.05) is 70.4 Å². The number of hydrogen-bond donors (Lipinski definition) is 2. The summed E-state index contributed by atoms with van der Waals surface area (Å²) in [7, 11) is 0. The van der Waals surface area contributed by atoms with Gasteiger partial charge >= 0.3 is 0 Å². The third-order valence-electron chi connectivity index (χ3n) is 9.53. The lowest BCUT2D eigenvalue weighted by molar-refractivity contribution is 0.0178. The molecule has 31 heavy (non-hydrogen) atoms. The van der Waals surface area contributed by atoms with Crippen LogP contribution in [-0.4, -0.2) is 21.9 Å². The van der Waals surface area contributed by atoms with Gasteiger partial charge in [0.05, 0.1) is 11.7 Å². The number of rotatable bonds is 8. The molecule has 0 aromatic heterocycles. The Morgan fingerprint density at radius 2 is 1.90 bits per heavy atom. The van der Waals surface area contributed by atoms with Crippen molar-refractivity contribution < 1.29 is 10.2 Å². The second-order valence-electron chi connectivity index (χ2n) is 11.3. The Bertz CT molecular complexity index is 683. The summed E-state index contributed by atoms with van der Waals surface area (Å²) in [5, 5.41) is 20.7. The minimum Gasteiger partial charge on any atom is -0.393 e. The van der Waals surface area contributed by atoms with E-state index < -0.39 is 5.60 Å². The van der Waals surface area contributed by atoms with Crippen molar-refractivity contribution in [1.82, 2.24) is 0 Å². The maximum Gasteiger partial charge on any atom is 0.0642 e. The summed E-state index contributed by atoms with van der Waals surface area (Å²) < 4.78 is 0. The number of aliphatic hydroxyl groups excluding tert-OH is 1. The molecule has 0 amide bonds. The molecule has 176 valence electrons. The number of aliphatic hydroxyl groups is 2. The molecule has 0 aliphatic heterocycles. The molecule has 0 aromatic carbocycles. The Morgan fingerprint density at radius 3 is 2.61 bits per heavy atom. The summed E-state index contributed by atoms with van der Waals surface area (Å²) in [6, 6.07) is 0. The van der Waals surface area contributed by atoms with E-state index in [1.165, 1.54) is 49.7 Å². The van der Waals surface area contributed by atoms with Crippen LogP contribution in [0.4, 0.5) is 0 Å². The third-order valence-corrected chi connectivity index (χ3v) is 9.53. The second-order valence-corrected chi connectivity index (χ2v) is 11.3. The first-order valence-corrected chi connectivity index (χ1v) is 13.2. The molecule has 3 fully saturated rings. The van der Waals surface area contributed by atoms with Gasteiger partial charge in [-0.25, -0.2) is 0 Å². The van der Waals surface area contributed by atoms with E-state index in [1.54, 1.807) is 5.57 Å². The Hall–Kier alpha value is -0.860. The highest BCUT2D eigenvalue weighted by Gasteiger charge is 2.50. The molecule has 0 aromatic rings. The summed E-state index contributed by atoms with van der Waals surface area (Å²) in [5.41, 5.74) is 4.11. The van der Waals surface area contributed by atoms with Crippen LogP contribution in [0.2, 0.25) is 0 Å². The number of allylic oxidation sites excluding steroid dienone is 4. The second kappa shape index (κ2) is 10.4. The highest BCUT2D eigenvalue weighted by atomic mass is 16.3. The highest BCUT2D eigenvalue weighted by Crippen LogP contribution is 2.60. The predicted octanol–water partition coefficient (Wildman–Crippen LogP) is 7.51. The Balaban J connectivity index is 1.65. The first kappa shape index (κ1) is 24.8. The number of fused-ring (bicyclic) bond motifs is 1. The van der Waals surface area contributed by atoms with Gasteiger partial charge in [0.1, 0.15) is 0 Å². The van der Waals surface area contributed by atoms with Crippen molar-refractivity contribution in [2.45, 2.75) is 123 Å². The fourth-order valence-corrected chi connectivity index (χ4v) is 7.17. The van der Waals surface area contributed by atoms with Gasteiger partial charge in [0.25, 0.3) is 0 Å². The van der Waals surface area contributed by atoms with E-state index in [4.69, 9.17) is 0 Å². The van der Waals surface area contributed by atoms with E-state index in [-0.39, 0.29) is 6.10 Å². The summed E-state index contributed by atoms with van der Waals surface area (Å²) >= 11 is 0. The molecule has 2 nitrogen and oxygen atoms in total. The lowest BCUT2D eigenvalue weighted by Crippen LogP contribution is -2.36. The van der Waals surface area contributed by atoms with Crippen LogP contribution in [0.5, 0.6) is 0 Å². The monoisotopic (exact) mass is 428 g/mol. The van der Waals surface area contributed by atoms with Crippen LogP contribution >= 0.6 is 0 Å². The molecule has 5 atom stereocenters. The van der Waals surface area contributed by atoms with Crippen molar-refractivity contribution in [2.75, 3.05) is 0 Å². The van der Waals surface area contributed by atoms with Crippen LogP contribution in [0.1, 0.15) is 111 Å². The first-order valence-electron chi connectivity index (χ1n) is 13.2. The van der Waals surface area contributed by atoms with E-state index in [2.05, 4.69) is 46.4 Å². The average Bonchev–Trinajstić information content (AvgIpc) is 3.11. The van der Waals surface area contributed by atoms with E-state index >= 15 is 0 Å². The smallest absolute Gasteiger partial charge is 0.0642 e. The summed E-state index contributed by atoms with van der Waals surface area (Å²) in [6.07, 6.45) is 18.7. The molecule has 3 aliphatic rings. The van der Waals surface area contributed by atoms with Crippen molar-refractivity contribution in [1.29, 1.82) is 0 Å². The van der Waals surface area contributed by atoms with Crippen LogP contribution in [0, 0.1) is 23.2 Å². The first-order chi connectivity index (χ1) is 14.7. The molecule has 0 heterocycles. The van der Waals surface area contributed by atoms with Gasteiger partial charge in [0.15, 0.2) is 0 Å². The zero-order valence-corrected chi connectivity index (χ0v) is 20.8. The van der Waals surface area contributed by atoms with Crippen molar-refractivity contribution in [3.63, 3.8) is 0 Å². The van der Waals surface area contributed by atoms with Crippen molar-refractivity contribution in [3.05, 3.63) is 35.5 Å².